The highest BCUT2D eigenvalue weighted by molar-refractivity contribution is 5.82. The molecule has 1 aromatic carbocycles. The lowest BCUT2D eigenvalue weighted by molar-refractivity contribution is -0.150. The number of hydrogen-bond acceptors (Lipinski definition) is 4. The minimum absolute atomic E-state index is 0.126. The number of nitrogens with one attached hydrogen (secondary N) is 1. The van der Waals surface area contributed by atoms with E-state index >= 15 is 0 Å². The minimum Gasteiger partial charge on any atom is -0.468 e. The number of carbonyl (C=O) groups excluding carboxylic acids is 1. The average molecular weight is 274 g/mol. The molecule has 0 radical (unpaired) electrons. The Kier molecular flexibility index (Phi) is 3.52. The summed E-state index contributed by atoms with van der Waals surface area (Å²) >= 11 is 0. The van der Waals surface area contributed by atoms with Gasteiger partial charge in [-0.25, -0.2) is 4.79 Å². The van der Waals surface area contributed by atoms with E-state index in [1.54, 1.807) is 0 Å². The van der Waals surface area contributed by atoms with Crippen LogP contribution < -0.4 is 5.32 Å². The highest BCUT2D eigenvalue weighted by Crippen LogP contribution is 2.41. The molecule has 4 nitrogen and oxygen atoms in total. The van der Waals surface area contributed by atoms with Crippen LogP contribution in [0.1, 0.15) is 24.0 Å². The summed E-state index contributed by atoms with van der Waals surface area (Å²) in [6, 6.07) is 8.50. The van der Waals surface area contributed by atoms with Gasteiger partial charge >= 0.3 is 5.97 Å². The molecule has 2 aliphatic rings. The van der Waals surface area contributed by atoms with Gasteiger partial charge in [-0.05, 0) is 36.9 Å². The number of esters is 1. The standard InChI is InChI=1S/C16H22N2O2/c1-17-16(14-7-8-14,15(19)20-2)11-18-9-12-5-3-4-6-13(12)10-18/h3-6,14,17H,7-11H2,1-2H3. The largest absolute Gasteiger partial charge is 0.468 e. The molecule has 4 heteroatoms. The van der Waals surface area contributed by atoms with E-state index in [1.165, 1.54) is 18.2 Å². The summed E-state index contributed by atoms with van der Waals surface area (Å²) in [5.74, 6) is 0.280. The van der Waals surface area contributed by atoms with Crippen molar-refractivity contribution in [2.24, 2.45) is 5.92 Å². The van der Waals surface area contributed by atoms with Gasteiger partial charge in [0.25, 0.3) is 0 Å². The van der Waals surface area contributed by atoms with Crippen LogP contribution in [0.2, 0.25) is 0 Å². The van der Waals surface area contributed by atoms with Crippen molar-refractivity contribution >= 4 is 5.97 Å². The van der Waals surface area contributed by atoms with E-state index in [0.717, 1.165) is 32.5 Å². The van der Waals surface area contributed by atoms with Crippen molar-refractivity contribution in [1.29, 1.82) is 0 Å². The molecule has 0 aromatic heterocycles. The van der Waals surface area contributed by atoms with E-state index in [-0.39, 0.29) is 5.97 Å². The van der Waals surface area contributed by atoms with Crippen LogP contribution in [0.15, 0.2) is 24.3 Å². The molecule has 0 saturated heterocycles. The molecule has 0 amide bonds. The van der Waals surface area contributed by atoms with Crippen molar-refractivity contribution in [2.45, 2.75) is 31.5 Å². The predicted molar refractivity (Wildman–Crippen MR) is 77.1 cm³/mol. The zero-order chi connectivity index (χ0) is 14.2. The van der Waals surface area contributed by atoms with Crippen molar-refractivity contribution in [3.8, 4) is 0 Å². The molecule has 108 valence electrons. The zero-order valence-corrected chi connectivity index (χ0v) is 12.2. The Labute approximate surface area is 120 Å². The first-order chi connectivity index (χ1) is 9.69. The van der Waals surface area contributed by atoms with Gasteiger partial charge in [-0.3, -0.25) is 4.90 Å². The van der Waals surface area contributed by atoms with Gasteiger partial charge in [-0.15, -0.1) is 0 Å². The number of hydrogen-bond donors (Lipinski definition) is 1. The van der Waals surface area contributed by atoms with E-state index in [4.69, 9.17) is 4.74 Å². The molecule has 1 heterocycles. The van der Waals surface area contributed by atoms with Crippen LogP contribution in [0.3, 0.4) is 0 Å². The highest BCUT2D eigenvalue weighted by Gasteiger charge is 2.52. The normalized spacial score (nSPS) is 21.3. The Bertz CT molecular complexity index is 488. The molecule has 1 saturated carbocycles. The van der Waals surface area contributed by atoms with E-state index in [1.807, 2.05) is 7.05 Å². The molecule has 1 N–H and O–H groups in total. The summed E-state index contributed by atoms with van der Waals surface area (Å²) in [7, 11) is 3.36. The number of likely N-dealkylation sites (N-methyl/N-ethyl adjacent to an activating group) is 1. The Morgan fingerprint density at radius 2 is 1.95 bits per heavy atom. The number of methoxy groups -OCH3 is 1. The van der Waals surface area contributed by atoms with E-state index in [9.17, 15) is 4.79 Å². The number of ether oxygens (including phenoxy) is 1. The van der Waals surface area contributed by atoms with Crippen LogP contribution in [-0.2, 0) is 22.6 Å². The summed E-state index contributed by atoms with van der Waals surface area (Å²) in [5, 5.41) is 3.27. The molecule has 0 spiro atoms. The van der Waals surface area contributed by atoms with Crippen molar-refractivity contribution in [2.75, 3.05) is 20.7 Å². The fourth-order valence-corrected chi connectivity index (χ4v) is 3.37. The second kappa shape index (κ2) is 5.19. The van der Waals surface area contributed by atoms with Gasteiger partial charge in [0, 0.05) is 19.6 Å². The third kappa shape index (κ3) is 2.23. The monoisotopic (exact) mass is 274 g/mol. The first-order valence-electron chi connectivity index (χ1n) is 7.26. The number of carbonyl (C=O) groups is 1. The quantitative estimate of drug-likeness (QED) is 0.827. The average Bonchev–Trinajstić information content (AvgIpc) is 3.24. The van der Waals surface area contributed by atoms with Crippen molar-refractivity contribution in [1.82, 2.24) is 10.2 Å². The van der Waals surface area contributed by atoms with Crippen LogP contribution in [0, 0.1) is 5.92 Å². The van der Waals surface area contributed by atoms with E-state index < -0.39 is 5.54 Å². The lowest BCUT2D eigenvalue weighted by Crippen LogP contribution is -2.59. The van der Waals surface area contributed by atoms with E-state index in [0.29, 0.717) is 5.92 Å². The lowest BCUT2D eigenvalue weighted by Gasteiger charge is -2.34. The maximum Gasteiger partial charge on any atom is 0.327 e. The fraction of sp³-hybridized carbons (Fsp3) is 0.562. The van der Waals surface area contributed by atoms with Gasteiger partial charge in [-0.2, -0.15) is 0 Å². The van der Waals surface area contributed by atoms with Gasteiger partial charge in [0.05, 0.1) is 7.11 Å². The van der Waals surface area contributed by atoms with Gasteiger partial charge in [0.2, 0.25) is 0 Å². The summed E-state index contributed by atoms with van der Waals surface area (Å²) in [4.78, 5) is 14.6. The van der Waals surface area contributed by atoms with Crippen molar-refractivity contribution < 1.29 is 9.53 Å². The Morgan fingerprint density at radius 3 is 2.40 bits per heavy atom. The first-order valence-corrected chi connectivity index (χ1v) is 7.26. The minimum atomic E-state index is -0.545. The van der Waals surface area contributed by atoms with Gasteiger partial charge in [-0.1, -0.05) is 24.3 Å². The van der Waals surface area contributed by atoms with Crippen LogP contribution in [0.5, 0.6) is 0 Å². The SMILES string of the molecule is CNC(CN1Cc2ccccc2C1)(C(=O)OC)C1CC1. The number of benzene rings is 1. The molecule has 20 heavy (non-hydrogen) atoms. The fourth-order valence-electron chi connectivity index (χ4n) is 3.37. The third-order valence-electron chi connectivity index (χ3n) is 4.65. The van der Waals surface area contributed by atoms with Crippen molar-refractivity contribution in [3.05, 3.63) is 35.4 Å². The van der Waals surface area contributed by atoms with E-state index in [2.05, 4.69) is 34.5 Å². The molecule has 0 bridgehead atoms. The van der Waals surface area contributed by atoms with Crippen LogP contribution in [0.25, 0.3) is 0 Å². The molecule has 1 fully saturated rings. The highest BCUT2D eigenvalue weighted by atomic mass is 16.5. The molecule has 1 atom stereocenters. The number of fused-ring (bicyclic) bond motifs is 1. The molecular weight excluding hydrogens is 252 g/mol. The van der Waals surface area contributed by atoms with Crippen molar-refractivity contribution in [3.63, 3.8) is 0 Å². The summed E-state index contributed by atoms with van der Waals surface area (Å²) in [6.45, 7) is 2.56. The second-order valence-electron chi connectivity index (χ2n) is 5.90. The Morgan fingerprint density at radius 1 is 1.35 bits per heavy atom. The Hall–Kier alpha value is -1.39. The van der Waals surface area contributed by atoms with Gasteiger partial charge < -0.3 is 10.1 Å². The summed E-state index contributed by atoms with van der Waals surface area (Å²) in [5.41, 5.74) is 2.20. The van der Waals surface area contributed by atoms with Crippen LogP contribution in [0.4, 0.5) is 0 Å². The molecular formula is C16H22N2O2. The molecule has 1 aliphatic heterocycles. The molecule has 3 rings (SSSR count). The first kappa shape index (κ1) is 13.6. The summed E-state index contributed by atoms with van der Waals surface area (Å²) in [6.07, 6.45) is 2.22. The smallest absolute Gasteiger partial charge is 0.327 e. The van der Waals surface area contributed by atoms with Crippen LogP contribution in [-0.4, -0.2) is 37.1 Å². The molecule has 1 aromatic rings. The number of rotatable bonds is 5. The lowest BCUT2D eigenvalue weighted by atomic mass is 9.92. The number of nitrogens with zero attached hydrogens (tertiary/aromatic N) is 1. The maximum atomic E-state index is 12.3. The predicted octanol–water partition coefficient (Wildman–Crippen LogP) is 1.54. The molecule has 1 unspecified atom stereocenters. The van der Waals surface area contributed by atoms with Crippen LogP contribution >= 0.6 is 0 Å². The molecule has 1 aliphatic carbocycles. The summed E-state index contributed by atoms with van der Waals surface area (Å²) < 4.78 is 5.07. The van der Waals surface area contributed by atoms with Gasteiger partial charge in [0.15, 0.2) is 0 Å². The second-order valence-corrected chi connectivity index (χ2v) is 5.90. The third-order valence-corrected chi connectivity index (χ3v) is 4.65. The Balaban J connectivity index is 1.77. The maximum absolute atomic E-state index is 12.3. The van der Waals surface area contributed by atoms with Gasteiger partial charge in [0.1, 0.15) is 5.54 Å². The zero-order valence-electron chi connectivity index (χ0n) is 12.2. The topological polar surface area (TPSA) is 41.6 Å².